The second-order valence-electron chi connectivity index (χ2n) is 5.76. The highest BCUT2D eigenvalue weighted by Crippen LogP contribution is 2.36. The van der Waals surface area contributed by atoms with E-state index in [2.05, 4.69) is 0 Å². The largest absolute Gasteiger partial charge is 0.444 e. The van der Waals surface area contributed by atoms with Gasteiger partial charge in [0.1, 0.15) is 5.60 Å². The van der Waals surface area contributed by atoms with Crippen molar-refractivity contribution in [3.63, 3.8) is 0 Å². The predicted molar refractivity (Wildman–Crippen MR) is 59.6 cm³/mol. The van der Waals surface area contributed by atoms with E-state index in [4.69, 9.17) is 10.5 Å². The number of ether oxygens (including phenoxy) is 1. The summed E-state index contributed by atoms with van der Waals surface area (Å²) < 4.78 is 5.34. The summed E-state index contributed by atoms with van der Waals surface area (Å²) >= 11 is 0. The summed E-state index contributed by atoms with van der Waals surface area (Å²) in [5.41, 5.74) is 5.04. The Morgan fingerprint density at radius 3 is 2.40 bits per heavy atom. The van der Waals surface area contributed by atoms with Gasteiger partial charge in [-0.3, -0.25) is 4.90 Å². The van der Waals surface area contributed by atoms with E-state index < -0.39 is 5.60 Å². The molecule has 1 saturated heterocycles. The lowest BCUT2D eigenvalue weighted by Crippen LogP contribution is -2.67. The fourth-order valence-electron chi connectivity index (χ4n) is 2.04. The number of nitrogens with two attached hydrogens (primary N) is 1. The van der Waals surface area contributed by atoms with Crippen LogP contribution in [0.3, 0.4) is 0 Å². The van der Waals surface area contributed by atoms with Crippen molar-refractivity contribution in [2.45, 2.75) is 58.2 Å². The molecule has 0 saturated carbocycles. The SMILES string of the molecule is CC(C)(C)OC(=O)N1[C@H](CN)CC1(C)C. The van der Waals surface area contributed by atoms with Crippen molar-refractivity contribution in [2.75, 3.05) is 6.54 Å². The van der Waals surface area contributed by atoms with Crippen LogP contribution in [0.2, 0.25) is 0 Å². The maximum Gasteiger partial charge on any atom is 0.411 e. The Kier molecular flexibility index (Phi) is 3.01. The first-order valence-corrected chi connectivity index (χ1v) is 5.40. The molecule has 4 nitrogen and oxygen atoms in total. The third-order valence-electron chi connectivity index (χ3n) is 2.61. The van der Waals surface area contributed by atoms with Crippen LogP contribution in [0, 0.1) is 0 Å². The van der Waals surface area contributed by atoms with Gasteiger partial charge in [-0.25, -0.2) is 4.79 Å². The van der Waals surface area contributed by atoms with E-state index in [0.29, 0.717) is 6.54 Å². The Labute approximate surface area is 91.8 Å². The highest BCUT2D eigenvalue weighted by Gasteiger charge is 2.48. The first-order valence-electron chi connectivity index (χ1n) is 5.40. The van der Waals surface area contributed by atoms with Crippen LogP contribution in [0.4, 0.5) is 4.79 Å². The Morgan fingerprint density at radius 1 is 1.53 bits per heavy atom. The van der Waals surface area contributed by atoms with Gasteiger partial charge >= 0.3 is 6.09 Å². The third kappa shape index (κ3) is 2.62. The molecule has 0 aromatic carbocycles. The summed E-state index contributed by atoms with van der Waals surface area (Å²) in [5.74, 6) is 0. The maximum absolute atomic E-state index is 11.9. The molecule has 1 amide bonds. The first-order chi connectivity index (χ1) is 6.67. The van der Waals surface area contributed by atoms with E-state index in [-0.39, 0.29) is 17.7 Å². The minimum absolute atomic E-state index is 0.119. The molecule has 1 aliphatic rings. The van der Waals surface area contributed by atoms with Gasteiger partial charge in [0.25, 0.3) is 0 Å². The van der Waals surface area contributed by atoms with Gasteiger partial charge < -0.3 is 10.5 Å². The van der Waals surface area contributed by atoms with Crippen LogP contribution in [0.15, 0.2) is 0 Å². The lowest BCUT2D eigenvalue weighted by atomic mass is 9.82. The van der Waals surface area contributed by atoms with Gasteiger partial charge in [0.2, 0.25) is 0 Å². The Bertz CT molecular complexity index is 256. The van der Waals surface area contributed by atoms with Crippen molar-refractivity contribution in [3.05, 3.63) is 0 Å². The molecule has 2 N–H and O–H groups in total. The zero-order valence-corrected chi connectivity index (χ0v) is 10.3. The number of carbonyl (C=O) groups is 1. The van der Waals surface area contributed by atoms with Crippen LogP contribution >= 0.6 is 0 Å². The van der Waals surface area contributed by atoms with Crippen molar-refractivity contribution >= 4 is 6.09 Å². The van der Waals surface area contributed by atoms with Crippen molar-refractivity contribution in [1.82, 2.24) is 4.90 Å². The number of amides is 1. The lowest BCUT2D eigenvalue weighted by Gasteiger charge is -2.54. The van der Waals surface area contributed by atoms with E-state index >= 15 is 0 Å². The highest BCUT2D eigenvalue weighted by atomic mass is 16.6. The number of nitrogens with zero attached hydrogens (tertiary/aromatic N) is 1. The molecule has 0 spiro atoms. The van der Waals surface area contributed by atoms with Gasteiger partial charge in [-0.05, 0) is 41.0 Å². The smallest absolute Gasteiger partial charge is 0.411 e. The first kappa shape index (κ1) is 12.3. The molecule has 0 radical (unpaired) electrons. The van der Waals surface area contributed by atoms with Crippen molar-refractivity contribution in [2.24, 2.45) is 5.73 Å². The van der Waals surface area contributed by atoms with Crippen LogP contribution in [0.5, 0.6) is 0 Å². The second-order valence-corrected chi connectivity index (χ2v) is 5.76. The van der Waals surface area contributed by atoms with Crippen LogP contribution < -0.4 is 5.73 Å². The number of hydrogen-bond donors (Lipinski definition) is 1. The Hall–Kier alpha value is -0.770. The van der Waals surface area contributed by atoms with Gasteiger partial charge in [-0.15, -0.1) is 0 Å². The fourth-order valence-corrected chi connectivity index (χ4v) is 2.04. The molecular formula is C11H22N2O2. The molecule has 4 heteroatoms. The molecule has 1 rings (SSSR count). The molecule has 1 heterocycles. The van der Waals surface area contributed by atoms with Crippen LogP contribution in [0.1, 0.15) is 41.0 Å². The Morgan fingerprint density at radius 2 is 2.07 bits per heavy atom. The number of carbonyl (C=O) groups excluding carboxylic acids is 1. The van der Waals surface area contributed by atoms with E-state index in [1.165, 1.54) is 0 Å². The predicted octanol–water partition coefficient (Wildman–Crippen LogP) is 1.73. The molecule has 1 fully saturated rings. The van der Waals surface area contributed by atoms with E-state index in [1.54, 1.807) is 4.90 Å². The van der Waals surface area contributed by atoms with Crippen LogP contribution in [-0.4, -0.2) is 34.7 Å². The quantitative estimate of drug-likeness (QED) is 0.723. The molecule has 1 atom stereocenters. The average Bonchev–Trinajstić information content (AvgIpc) is 1.96. The molecular weight excluding hydrogens is 192 g/mol. The summed E-state index contributed by atoms with van der Waals surface area (Å²) in [4.78, 5) is 13.6. The van der Waals surface area contributed by atoms with E-state index in [1.807, 2.05) is 34.6 Å². The molecule has 0 aliphatic carbocycles. The van der Waals surface area contributed by atoms with Crippen molar-refractivity contribution in [1.29, 1.82) is 0 Å². The Balaban J connectivity index is 2.65. The normalized spacial score (nSPS) is 24.7. The topological polar surface area (TPSA) is 55.6 Å². The summed E-state index contributed by atoms with van der Waals surface area (Å²) in [6.45, 7) is 10.2. The summed E-state index contributed by atoms with van der Waals surface area (Å²) in [6, 6.07) is 0.134. The molecule has 15 heavy (non-hydrogen) atoms. The van der Waals surface area contributed by atoms with Crippen molar-refractivity contribution < 1.29 is 9.53 Å². The summed E-state index contributed by atoms with van der Waals surface area (Å²) in [5, 5.41) is 0. The zero-order valence-electron chi connectivity index (χ0n) is 10.3. The molecule has 88 valence electrons. The van der Waals surface area contributed by atoms with Crippen LogP contribution in [0.25, 0.3) is 0 Å². The molecule has 1 aliphatic heterocycles. The summed E-state index contributed by atoms with van der Waals surface area (Å²) in [7, 11) is 0. The number of rotatable bonds is 1. The van der Waals surface area contributed by atoms with Crippen molar-refractivity contribution in [3.8, 4) is 0 Å². The second kappa shape index (κ2) is 3.67. The number of likely N-dealkylation sites (tertiary alicyclic amines) is 1. The molecule has 0 unspecified atom stereocenters. The molecule has 0 aromatic heterocycles. The average molecular weight is 214 g/mol. The van der Waals surface area contributed by atoms with Crippen LogP contribution in [-0.2, 0) is 4.74 Å². The fraction of sp³-hybridized carbons (Fsp3) is 0.909. The summed E-state index contributed by atoms with van der Waals surface area (Å²) in [6.07, 6.45) is 0.692. The number of hydrogen-bond acceptors (Lipinski definition) is 3. The lowest BCUT2D eigenvalue weighted by molar-refractivity contribution is -0.0620. The van der Waals surface area contributed by atoms with Gasteiger partial charge in [0, 0.05) is 12.1 Å². The standard InChI is InChI=1S/C11H22N2O2/c1-10(2,3)15-9(14)13-8(7-12)6-11(13,4)5/h8H,6-7,12H2,1-5H3/t8-/m0/s1. The van der Waals surface area contributed by atoms with Gasteiger partial charge in [0.05, 0.1) is 6.04 Å². The monoisotopic (exact) mass is 214 g/mol. The van der Waals surface area contributed by atoms with Gasteiger partial charge in [-0.2, -0.15) is 0 Å². The minimum atomic E-state index is -0.443. The van der Waals surface area contributed by atoms with Gasteiger partial charge in [-0.1, -0.05) is 0 Å². The minimum Gasteiger partial charge on any atom is -0.444 e. The van der Waals surface area contributed by atoms with E-state index in [0.717, 1.165) is 6.42 Å². The van der Waals surface area contributed by atoms with E-state index in [9.17, 15) is 4.79 Å². The molecule has 0 bridgehead atoms. The molecule has 0 aromatic rings. The zero-order chi connectivity index (χ0) is 11.9. The third-order valence-corrected chi connectivity index (χ3v) is 2.61. The highest BCUT2D eigenvalue weighted by molar-refractivity contribution is 5.71. The van der Waals surface area contributed by atoms with Gasteiger partial charge in [0.15, 0.2) is 0 Å². The maximum atomic E-state index is 11.9.